The monoisotopic (exact) mass is 345 g/mol. The van der Waals surface area contributed by atoms with Crippen LogP contribution in [0.5, 0.6) is 5.75 Å². The Balaban J connectivity index is 1.67. The molecule has 0 N–H and O–H groups in total. The van der Waals surface area contributed by atoms with E-state index < -0.39 is 0 Å². The summed E-state index contributed by atoms with van der Waals surface area (Å²) in [5.74, 6) is 1.82. The molecule has 0 aliphatic carbocycles. The molecule has 0 amide bonds. The molecule has 23 heavy (non-hydrogen) atoms. The van der Waals surface area contributed by atoms with Crippen LogP contribution in [0.1, 0.15) is 11.1 Å². The van der Waals surface area contributed by atoms with Gasteiger partial charge in [0.05, 0.1) is 19.7 Å². The van der Waals surface area contributed by atoms with Crippen LogP contribution in [0.25, 0.3) is 0 Å². The number of pyridine rings is 1. The van der Waals surface area contributed by atoms with Crippen molar-refractivity contribution < 1.29 is 4.74 Å². The average molecular weight is 345 g/mol. The largest absolute Gasteiger partial charge is 0.496 e. The van der Waals surface area contributed by atoms with E-state index in [1.54, 1.807) is 25.1 Å². The van der Waals surface area contributed by atoms with E-state index in [2.05, 4.69) is 26.9 Å². The fraction of sp³-hybridized carbons (Fsp3) is 0.294. The SMILES string of the molecule is COc1ccccc1CN1CN(Cc2cccnc2)CSC1=S. The van der Waals surface area contributed by atoms with Gasteiger partial charge in [0, 0.05) is 31.0 Å². The Morgan fingerprint density at radius 3 is 2.87 bits per heavy atom. The Labute approximate surface area is 146 Å². The third-order valence-corrected chi connectivity index (χ3v) is 5.29. The van der Waals surface area contributed by atoms with Gasteiger partial charge in [-0.25, -0.2) is 0 Å². The van der Waals surface area contributed by atoms with Gasteiger partial charge in [0.1, 0.15) is 10.1 Å². The summed E-state index contributed by atoms with van der Waals surface area (Å²) in [6.07, 6.45) is 3.72. The number of ether oxygens (including phenoxy) is 1. The summed E-state index contributed by atoms with van der Waals surface area (Å²) in [6, 6.07) is 12.2. The van der Waals surface area contributed by atoms with Crippen LogP contribution >= 0.6 is 24.0 Å². The van der Waals surface area contributed by atoms with E-state index in [0.717, 1.165) is 41.3 Å². The molecule has 1 aromatic carbocycles. The van der Waals surface area contributed by atoms with E-state index in [9.17, 15) is 0 Å². The molecule has 1 aromatic heterocycles. The second kappa shape index (κ2) is 7.77. The third kappa shape index (κ3) is 4.22. The standard InChI is InChI=1S/C17H19N3OS2/c1-21-16-7-3-2-6-15(16)11-20-12-19(13-23-17(20)22)10-14-5-4-8-18-9-14/h2-9H,10-13H2,1H3. The summed E-state index contributed by atoms with van der Waals surface area (Å²) in [5, 5.41) is 0. The summed E-state index contributed by atoms with van der Waals surface area (Å²) in [6.45, 7) is 2.46. The maximum absolute atomic E-state index is 5.53. The number of aromatic nitrogens is 1. The van der Waals surface area contributed by atoms with Gasteiger partial charge in [-0.15, -0.1) is 0 Å². The summed E-state index contributed by atoms with van der Waals surface area (Å²) < 4.78 is 6.39. The van der Waals surface area contributed by atoms with Crippen molar-refractivity contribution in [3.63, 3.8) is 0 Å². The van der Waals surface area contributed by atoms with Crippen molar-refractivity contribution >= 4 is 28.3 Å². The van der Waals surface area contributed by atoms with Crippen molar-refractivity contribution in [1.82, 2.24) is 14.8 Å². The number of nitrogens with zero attached hydrogens (tertiary/aromatic N) is 3. The number of methoxy groups -OCH3 is 1. The first-order valence-corrected chi connectivity index (χ1v) is 8.80. The number of benzene rings is 1. The summed E-state index contributed by atoms with van der Waals surface area (Å²) >= 11 is 7.24. The predicted molar refractivity (Wildman–Crippen MR) is 98.2 cm³/mol. The van der Waals surface area contributed by atoms with Crippen molar-refractivity contribution in [2.75, 3.05) is 19.7 Å². The van der Waals surface area contributed by atoms with Gasteiger partial charge in [0.25, 0.3) is 0 Å². The van der Waals surface area contributed by atoms with Crippen LogP contribution in [0.2, 0.25) is 0 Å². The highest BCUT2D eigenvalue weighted by molar-refractivity contribution is 8.22. The first-order chi connectivity index (χ1) is 11.3. The Kier molecular flexibility index (Phi) is 5.48. The second-order valence-corrected chi connectivity index (χ2v) is 6.96. The van der Waals surface area contributed by atoms with Crippen LogP contribution in [0.4, 0.5) is 0 Å². The van der Waals surface area contributed by atoms with Gasteiger partial charge in [-0.1, -0.05) is 48.2 Å². The molecule has 1 aliphatic rings. The van der Waals surface area contributed by atoms with Crippen LogP contribution in [-0.4, -0.2) is 38.8 Å². The molecular formula is C17H19N3OS2. The zero-order chi connectivity index (χ0) is 16.1. The van der Waals surface area contributed by atoms with Crippen molar-refractivity contribution in [2.45, 2.75) is 13.1 Å². The molecule has 120 valence electrons. The van der Waals surface area contributed by atoms with Crippen LogP contribution in [0.3, 0.4) is 0 Å². The number of rotatable bonds is 5. The van der Waals surface area contributed by atoms with Crippen LogP contribution in [0.15, 0.2) is 48.8 Å². The molecule has 0 unspecified atom stereocenters. The van der Waals surface area contributed by atoms with E-state index in [0.29, 0.717) is 0 Å². The molecule has 3 rings (SSSR count). The molecule has 1 saturated heterocycles. The van der Waals surface area contributed by atoms with E-state index in [-0.39, 0.29) is 0 Å². The van der Waals surface area contributed by atoms with Crippen LogP contribution in [-0.2, 0) is 13.1 Å². The predicted octanol–water partition coefficient (Wildman–Crippen LogP) is 3.34. The maximum atomic E-state index is 5.53. The minimum Gasteiger partial charge on any atom is -0.496 e. The lowest BCUT2D eigenvalue weighted by Crippen LogP contribution is -2.43. The molecule has 0 atom stereocenters. The van der Waals surface area contributed by atoms with E-state index >= 15 is 0 Å². The van der Waals surface area contributed by atoms with Gasteiger partial charge in [-0.05, 0) is 17.7 Å². The van der Waals surface area contributed by atoms with E-state index in [1.807, 2.05) is 30.5 Å². The smallest absolute Gasteiger partial charge is 0.138 e. The van der Waals surface area contributed by atoms with Crippen LogP contribution in [0, 0.1) is 0 Å². The van der Waals surface area contributed by atoms with Crippen molar-refractivity contribution in [3.05, 3.63) is 59.9 Å². The van der Waals surface area contributed by atoms with Gasteiger partial charge < -0.3 is 9.64 Å². The average Bonchev–Trinajstić information content (AvgIpc) is 2.59. The molecular weight excluding hydrogens is 326 g/mol. The van der Waals surface area contributed by atoms with Gasteiger partial charge >= 0.3 is 0 Å². The normalized spacial score (nSPS) is 15.7. The summed E-state index contributed by atoms with van der Waals surface area (Å²) in [4.78, 5) is 8.77. The van der Waals surface area contributed by atoms with Crippen molar-refractivity contribution in [2.24, 2.45) is 0 Å². The Bertz CT molecular complexity index is 666. The lowest BCUT2D eigenvalue weighted by atomic mass is 10.2. The fourth-order valence-corrected chi connectivity index (χ4v) is 3.63. The minimum atomic E-state index is 0.763. The van der Waals surface area contributed by atoms with Crippen molar-refractivity contribution in [3.8, 4) is 5.75 Å². The van der Waals surface area contributed by atoms with Crippen LogP contribution < -0.4 is 4.74 Å². The van der Waals surface area contributed by atoms with E-state index in [1.165, 1.54) is 5.56 Å². The lowest BCUT2D eigenvalue weighted by molar-refractivity contribution is 0.199. The molecule has 0 radical (unpaired) electrons. The fourth-order valence-electron chi connectivity index (χ4n) is 2.58. The second-order valence-electron chi connectivity index (χ2n) is 5.38. The first kappa shape index (κ1) is 16.2. The Morgan fingerprint density at radius 1 is 1.22 bits per heavy atom. The molecule has 4 nitrogen and oxygen atoms in total. The highest BCUT2D eigenvalue weighted by atomic mass is 32.2. The lowest BCUT2D eigenvalue weighted by Gasteiger charge is -2.36. The zero-order valence-corrected chi connectivity index (χ0v) is 14.6. The highest BCUT2D eigenvalue weighted by Gasteiger charge is 2.22. The molecule has 0 saturated carbocycles. The molecule has 0 bridgehead atoms. The number of para-hydroxylation sites is 1. The molecule has 0 spiro atoms. The highest BCUT2D eigenvalue weighted by Crippen LogP contribution is 2.25. The van der Waals surface area contributed by atoms with Gasteiger partial charge in [0.15, 0.2) is 0 Å². The number of hydrogen-bond donors (Lipinski definition) is 0. The van der Waals surface area contributed by atoms with Crippen molar-refractivity contribution in [1.29, 1.82) is 0 Å². The molecule has 2 aromatic rings. The Hall–Kier alpha value is -1.63. The molecule has 1 fully saturated rings. The van der Waals surface area contributed by atoms with Gasteiger partial charge in [0.2, 0.25) is 0 Å². The van der Waals surface area contributed by atoms with Gasteiger partial charge in [-0.3, -0.25) is 9.88 Å². The number of thiocarbonyl (C=S) groups is 1. The minimum absolute atomic E-state index is 0.763. The van der Waals surface area contributed by atoms with E-state index in [4.69, 9.17) is 17.0 Å². The number of thioether (sulfide) groups is 1. The number of hydrogen-bond acceptors (Lipinski definition) is 5. The topological polar surface area (TPSA) is 28.6 Å². The zero-order valence-electron chi connectivity index (χ0n) is 13.0. The molecule has 2 heterocycles. The molecule has 6 heteroatoms. The first-order valence-electron chi connectivity index (χ1n) is 7.41. The Morgan fingerprint density at radius 2 is 2.09 bits per heavy atom. The molecule has 1 aliphatic heterocycles. The maximum Gasteiger partial charge on any atom is 0.138 e. The summed E-state index contributed by atoms with van der Waals surface area (Å²) in [7, 11) is 1.71. The summed E-state index contributed by atoms with van der Waals surface area (Å²) in [5.41, 5.74) is 2.37. The third-order valence-electron chi connectivity index (χ3n) is 3.68. The van der Waals surface area contributed by atoms with Gasteiger partial charge in [-0.2, -0.15) is 0 Å². The quantitative estimate of drug-likeness (QED) is 0.772.